The van der Waals surface area contributed by atoms with Gasteiger partial charge in [-0.1, -0.05) is 0 Å². The topological polar surface area (TPSA) is 70.6 Å². The van der Waals surface area contributed by atoms with Crippen molar-refractivity contribution in [3.63, 3.8) is 0 Å². The van der Waals surface area contributed by atoms with E-state index in [1.54, 1.807) is 0 Å². The van der Waals surface area contributed by atoms with Crippen LogP contribution in [0.2, 0.25) is 0 Å². The number of alkyl carbamates (subject to hydrolysis) is 1. The molecule has 106 valence electrons. The standard InChI is InChI=1S/C13H26N2O3/c1-13(2,3)18-12(17)15-11-8-10(9-11)14-6-4-5-7-16/h10-11,14,16H,4-9H2,1-3H3,(H,15,17). The molecule has 0 unspecified atom stereocenters. The van der Waals surface area contributed by atoms with Crippen LogP contribution in [0.5, 0.6) is 0 Å². The molecule has 3 N–H and O–H groups in total. The molecule has 1 rings (SSSR count). The molecule has 0 saturated heterocycles. The fourth-order valence-electron chi connectivity index (χ4n) is 1.92. The zero-order valence-electron chi connectivity index (χ0n) is 11.7. The number of nitrogens with one attached hydrogen (secondary N) is 2. The first-order valence-electron chi connectivity index (χ1n) is 6.74. The molecule has 5 nitrogen and oxygen atoms in total. The number of rotatable bonds is 6. The number of hydrogen-bond donors (Lipinski definition) is 3. The fourth-order valence-corrected chi connectivity index (χ4v) is 1.92. The molecule has 0 aliphatic heterocycles. The number of aliphatic hydroxyl groups is 1. The van der Waals surface area contributed by atoms with Crippen molar-refractivity contribution >= 4 is 6.09 Å². The molecule has 1 aliphatic rings. The number of ether oxygens (including phenoxy) is 1. The summed E-state index contributed by atoms with van der Waals surface area (Å²) in [5.74, 6) is 0. The molecule has 18 heavy (non-hydrogen) atoms. The van der Waals surface area contributed by atoms with Crippen molar-refractivity contribution in [1.29, 1.82) is 0 Å². The summed E-state index contributed by atoms with van der Waals surface area (Å²) in [6.45, 7) is 6.77. The van der Waals surface area contributed by atoms with E-state index in [9.17, 15) is 4.79 Å². The molecule has 0 aromatic carbocycles. The van der Waals surface area contributed by atoms with E-state index in [1.807, 2.05) is 20.8 Å². The zero-order chi connectivity index (χ0) is 13.6. The predicted octanol–water partition coefficient (Wildman–Crippen LogP) is 1.40. The Balaban J connectivity index is 2.03. The number of hydrogen-bond acceptors (Lipinski definition) is 4. The maximum atomic E-state index is 11.5. The molecule has 0 heterocycles. The first-order chi connectivity index (χ1) is 8.40. The third-order valence-electron chi connectivity index (χ3n) is 2.88. The van der Waals surface area contributed by atoms with Crippen molar-refractivity contribution in [2.24, 2.45) is 0 Å². The Morgan fingerprint density at radius 1 is 1.28 bits per heavy atom. The largest absolute Gasteiger partial charge is 0.444 e. The van der Waals surface area contributed by atoms with E-state index >= 15 is 0 Å². The number of aliphatic hydroxyl groups excluding tert-OH is 1. The quantitative estimate of drug-likeness (QED) is 0.630. The summed E-state index contributed by atoms with van der Waals surface area (Å²) >= 11 is 0. The van der Waals surface area contributed by atoms with E-state index in [0.717, 1.165) is 32.2 Å². The molecule has 5 heteroatoms. The Kier molecular flexibility index (Phi) is 5.88. The Morgan fingerprint density at radius 2 is 1.94 bits per heavy atom. The SMILES string of the molecule is CC(C)(C)OC(=O)NC1CC(NCCCCO)C1. The lowest BCUT2D eigenvalue weighted by molar-refractivity contribution is 0.0465. The summed E-state index contributed by atoms with van der Waals surface area (Å²) in [5, 5.41) is 14.9. The van der Waals surface area contributed by atoms with Gasteiger partial charge in [0.05, 0.1) is 0 Å². The molecule has 0 atom stereocenters. The highest BCUT2D eigenvalue weighted by atomic mass is 16.6. The summed E-state index contributed by atoms with van der Waals surface area (Å²) in [6.07, 6.45) is 3.43. The van der Waals surface area contributed by atoms with E-state index in [0.29, 0.717) is 6.04 Å². The first-order valence-corrected chi connectivity index (χ1v) is 6.74. The van der Waals surface area contributed by atoms with Crippen molar-refractivity contribution in [2.75, 3.05) is 13.2 Å². The van der Waals surface area contributed by atoms with Gasteiger partial charge < -0.3 is 20.5 Å². The summed E-state index contributed by atoms with van der Waals surface area (Å²) in [6, 6.07) is 0.721. The normalized spacial score (nSPS) is 23.3. The van der Waals surface area contributed by atoms with Crippen LogP contribution in [0, 0.1) is 0 Å². The maximum absolute atomic E-state index is 11.5. The minimum absolute atomic E-state index is 0.232. The van der Waals surface area contributed by atoms with Gasteiger partial charge in [0, 0.05) is 18.7 Å². The van der Waals surface area contributed by atoms with Crippen molar-refractivity contribution in [3.8, 4) is 0 Å². The van der Waals surface area contributed by atoms with E-state index < -0.39 is 5.60 Å². The molecule has 0 bridgehead atoms. The Hall–Kier alpha value is -0.810. The molecular weight excluding hydrogens is 232 g/mol. The molecule has 0 spiro atoms. The van der Waals surface area contributed by atoms with Gasteiger partial charge in [-0.05, 0) is 53.0 Å². The van der Waals surface area contributed by atoms with Crippen LogP contribution in [0.1, 0.15) is 46.5 Å². The van der Waals surface area contributed by atoms with Crippen molar-refractivity contribution in [2.45, 2.75) is 64.1 Å². The van der Waals surface area contributed by atoms with Gasteiger partial charge in [0.25, 0.3) is 0 Å². The second kappa shape index (κ2) is 6.95. The van der Waals surface area contributed by atoms with E-state index in [4.69, 9.17) is 9.84 Å². The number of carbonyl (C=O) groups excluding carboxylic acids is 1. The Morgan fingerprint density at radius 3 is 2.50 bits per heavy atom. The average Bonchev–Trinajstić information content (AvgIpc) is 2.17. The van der Waals surface area contributed by atoms with Gasteiger partial charge in [0.1, 0.15) is 5.60 Å². The third kappa shape index (κ3) is 6.21. The highest BCUT2D eigenvalue weighted by Gasteiger charge is 2.30. The van der Waals surface area contributed by atoms with E-state index in [1.165, 1.54) is 0 Å². The van der Waals surface area contributed by atoms with Crippen LogP contribution in [0.4, 0.5) is 4.79 Å². The van der Waals surface area contributed by atoms with Crippen LogP contribution >= 0.6 is 0 Å². The molecule has 0 radical (unpaired) electrons. The zero-order valence-corrected chi connectivity index (χ0v) is 11.7. The molecule has 1 saturated carbocycles. The minimum atomic E-state index is -0.435. The summed E-state index contributed by atoms with van der Waals surface area (Å²) in [7, 11) is 0. The van der Waals surface area contributed by atoms with Crippen LogP contribution in [0.25, 0.3) is 0 Å². The van der Waals surface area contributed by atoms with Crippen LogP contribution < -0.4 is 10.6 Å². The highest BCUT2D eigenvalue weighted by molar-refractivity contribution is 5.68. The first kappa shape index (κ1) is 15.2. The van der Waals surface area contributed by atoms with Gasteiger partial charge >= 0.3 is 6.09 Å². The molecule has 0 aromatic rings. The van der Waals surface area contributed by atoms with Crippen LogP contribution in [-0.4, -0.2) is 42.0 Å². The van der Waals surface area contributed by atoms with Crippen molar-refractivity contribution < 1.29 is 14.6 Å². The Labute approximate surface area is 109 Å². The molecule has 0 aromatic heterocycles. The monoisotopic (exact) mass is 258 g/mol. The van der Waals surface area contributed by atoms with Crippen LogP contribution in [0.15, 0.2) is 0 Å². The minimum Gasteiger partial charge on any atom is -0.444 e. The predicted molar refractivity (Wildman–Crippen MR) is 70.5 cm³/mol. The van der Waals surface area contributed by atoms with Crippen molar-refractivity contribution in [3.05, 3.63) is 0 Å². The van der Waals surface area contributed by atoms with Gasteiger partial charge in [0.15, 0.2) is 0 Å². The lowest BCUT2D eigenvalue weighted by atomic mass is 9.87. The molecule has 1 amide bonds. The van der Waals surface area contributed by atoms with Gasteiger partial charge in [-0.2, -0.15) is 0 Å². The number of amides is 1. The van der Waals surface area contributed by atoms with E-state index in [-0.39, 0.29) is 18.7 Å². The average molecular weight is 258 g/mol. The van der Waals surface area contributed by atoms with Crippen molar-refractivity contribution in [1.82, 2.24) is 10.6 Å². The van der Waals surface area contributed by atoms with Gasteiger partial charge in [-0.15, -0.1) is 0 Å². The van der Waals surface area contributed by atoms with Crippen LogP contribution in [-0.2, 0) is 4.74 Å². The van der Waals surface area contributed by atoms with E-state index in [2.05, 4.69) is 10.6 Å². The second-order valence-corrected chi connectivity index (χ2v) is 5.90. The number of carbonyl (C=O) groups is 1. The summed E-state index contributed by atoms with van der Waals surface area (Å²) < 4.78 is 5.19. The number of unbranched alkanes of at least 4 members (excludes halogenated alkanes) is 1. The molecule has 1 aliphatic carbocycles. The highest BCUT2D eigenvalue weighted by Crippen LogP contribution is 2.20. The summed E-state index contributed by atoms with van der Waals surface area (Å²) in [4.78, 5) is 11.5. The smallest absolute Gasteiger partial charge is 0.407 e. The molecular formula is C13H26N2O3. The summed E-state index contributed by atoms with van der Waals surface area (Å²) in [5.41, 5.74) is -0.435. The van der Waals surface area contributed by atoms with Crippen LogP contribution in [0.3, 0.4) is 0 Å². The fraction of sp³-hybridized carbons (Fsp3) is 0.923. The molecule has 1 fully saturated rings. The van der Waals surface area contributed by atoms with Gasteiger partial charge in [-0.25, -0.2) is 4.79 Å². The maximum Gasteiger partial charge on any atom is 0.407 e. The third-order valence-corrected chi connectivity index (χ3v) is 2.88. The second-order valence-electron chi connectivity index (χ2n) is 5.90. The lowest BCUT2D eigenvalue weighted by Gasteiger charge is -2.36. The lowest BCUT2D eigenvalue weighted by Crippen LogP contribution is -2.53. The Bertz CT molecular complexity index is 257. The van der Waals surface area contributed by atoms with Gasteiger partial charge in [-0.3, -0.25) is 0 Å². The van der Waals surface area contributed by atoms with Gasteiger partial charge in [0.2, 0.25) is 0 Å².